The lowest BCUT2D eigenvalue weighted by molar-refractivity contribution is -0.141. The van der Waals surface area contributed by atoms with Gasteiger partial charge < -0.3 is 4.74 Å². The Morgan fingerprint density at radius 1 is 1.47 bits per heavy atom. The minimum atomic E-state index is -4.47. The highest BCUT2D eigenvalue weighted by Crippen LogP contribution is 2.42. The fraction of sp³-hybridized carbons (Fsp3) is 0.667. The first-order chi connectivity index (χ1) is 6.64. The Hall–Kier alpha value is -0.650. The van der Waals surface area contributed by atoms with E-state index in [2.05, 4.69) is 11.3 Å². The molecule has 15 heavy (non-hydrogen) atoms. The summed E-state index contributed by atoms with van der Waals surface area (Å²) in [6.45, 7) is 6.41. The summed E-state index contributed by atoms with van der Waals surface area (Å²) in [7, 11) is 1.06. The van der Waals surface area contributed by atoms with Crippen LogP contribution in [-0.2, 0) is 9.53 Å². The lowest BCUT2D eigenvalue weighted by Crippen LogP contribution is -2.35. The van der Waals surface area contributed by atoms with E-state index in [4.69, 9.17) is 0 Å². The predicted octanol–water partition coefficient (Wildman–Crippen LogP) is 2.99. The van der Waals surface area contributed by atoms with Crippen LogP contribution in [0, 0.1) is 5.41 Å². The standard InChI is InChI=1S/C9H13F3O2S/c1-5-8(2,3)6(7(13)14-4)15-9(10,11)12/h5-6H,1H2,2-4H3. The summed E-state index contributed by atoms with van der Waals surface area (Å²) in [6.07, 6.45) is 1.31. The number of carbonyl (C=O) groups excluding carboxylic acids is 1. The van der Waals surface area contributed by atoms with Crippen LogP contribution >= 0.6 is 11.8 Å². The zero-order chi connectivity index (χ0) is 12.3. The summed E-state index contributed by atoms with van der Waals surface area (Å²) in [6, 6.07) is 0. The number of alkyl halides is 3. The van der Waals surface area contributed by atoms with Crippen LogP contribution in [0.15, 0.2) is 12.7 Å². The molecule has 1 atom stereocenters. The van der Waals surface area contributed by atoms with Gasteiger partial charge in [0.15, 0.2) is 0 Å². The Balaban J connectivity index is 4.90. The van der Waals surface area contributed by atoms with Crippen LogP contribution in [0.2, 0.25) is 0 Å². The number of halogens is 3. The van der Waals surface area contributed by atoms with Crippen molar-refractivity contribution in [1.82, 2.24) is 0 Å². The Labute approximate surface area is 90.9 Å². The highest BCUT2D eigenvalue weighted by molar-refractivity contribution is 8.01. The highest BCUT2D eigenvalue weighted by Gasteiger charge is 2.43. The molecule has 0 rings (SSSR count). The van der Waals surface area contributed by atoms with Gasteiger partial charge in [-0.2, -0.15) is 13.2 Å². The maximum Gasteiger partial charge on any atom is 0.442 e. The van der Waals surface area contributed by atoms with Gasteiger partial charge in [0.25, 0.3) is 0 Å². The second kappa shape index (κ2) is 4.92. The molecule has 0 aliphatic carbocycles. The maximum atomic E-state index is 12.2. The fourth-order valence-corrected chi connectivity index (χ4v) is 1.71. The monoisotopic (exact) mass is 242 g/mol. The second-order valence-electron chi connectivity index (χ2n) is 3.49. The zero-order valence-electron chi connectivity index (χ0n) is 8.72. The molecule has 88 valence electrons. The Morgan fingerprint density at radius 2 is 1.93 bits per heavy atom. The quantitative estimate of drug-likeness (QED) is 0.560. The SMILES string of the molecule is C=CC(C)(C)C(SC(F)(F)F)C(=O)OC. The molecule has 0 amide bonds. The van der Waals surface area contributed by atoms with Crippen molar-refractivity contribution in [2.24, 2.45) is 5.41 Å². The second-order valence-corrected chi connectivity index (χ2v) is 4.66. The highest BCUT2D eigenvalue weighted by atomic mass is 32.2. The average Bonchev–Trinajstić information content (AvgIpc) is 2.11. The molecule has 0 fully saturated rings. The molecule has 0 saturated heterocycles. The van der Waals surface area contributed by atoms with Crippen molar-refractivity contribution in [2.45, 2.75) is 24.6 Å². The summed E-state index contributed by atoms with van der Waals surface area (Å²) in [4.78, 5) is 11.2. The molecule has 6 heteroatoms. The molecule has 0 aromatic carbocycles. The molecule has 0 N–H and O–H groups in total. The normalized spacial score (nSPS) is 14.5. The van der Waals surface area contributed by atoms with E-state index in [1.165, 1.54) is 19.9 Å². The number of methoxy groups -OCH3 is 1. The minimum absolute atomic E-state index is 0.380. The van der Waals surface area contributed by atoms with Gasteiger partial charge in [0, 0.05) is 5.41 Å². The summed E-state index contributed by atoms with van der Waals surface area (Å²) < 4.78 is 40.9. The van der Waals surface area contributed by atoms with Crippen molar-refractivity contribution in [3.05, 3.63) is 12.7 Å². The zero-order valence-corrected chi connectivity index (χ0v) is 9.54. The number of thioether (sulfide) groups is 1. The van der Waals surface area contributed by atoms with E-state index in [1.807, 2.05) is 0 Å². The van der Waals surface area contributed by atoms with E-state index >= 15 is 0 Å². The van der Waals surface area contributed by atoms with E-state index in [1.54, 1.807) is 0 Å². The summed E-state index contributed by atoms with van der Waals surface area (Å²) >= 11 is -0.380. The van der Waals surface area contributed by atoms with Gasteiger partial charge in [-0.3, -0.25) is 4.79 Å². The Kier molecular flexibility index (Phi) is 4.70. The van der Waals surface area contributed by atoms with E-state index in [9.17, 15) is 18.0 Å². The van der Waals surface area contributed by atoms with Gasteiger partial charge in [0.1, 0.15) is 5.25 Å². The van der Waals surface area contributed by atoms with E-state index in [0.717, 1.165) is 7.11 Å². The third kappa shape index (κ3) is 4.59. The summed E-state index contributed by atoms with van der Waals surface area (Å²) in [5.41, 5.74) is -5.45. The first-order valence-corrected chi connectivity index (χ1v) is 4.98. The van der Waals surface area contributed by atoms with Crippen molar-refractivity contribution < 1.29 is 22.7 Å². The number of allylic oxidation sites excluding steroid dienone is 1. The van der Waals surface area contributed by atoms with Crippen LogP contribution in [0.4, 0.5) is 13.2 Å². The van der Waals surface area contributed by atoms with E-state index < -0.39 is 22.1 Å². The smallest absolute Gasteiger partial charge is 0.442 e. The van der Waals surface area contributed by atoms with E-state index in [-0.39, 0.29) is 11.8 Å². The lowest BCUT2D eigenvalue weighted by Gasteiger charge is -2.28. The number of rotatable bonds is 4. The van der Waals surface area contributed by atoms with Gasteiger partial charge in [-0.05, 0) is 11.8 Å². The minimum Gasteiger partial charge on any atom is -0.468 e. The van der Waals surface area contributed by atoms with Crippen molar-refractivity contribution in [2.75, 3.05) is 7.11 Å². The molecule has 2 nitrogen and oxygen atoms in total. The Bertz CT molecular complexity index is 248. The number of hydrogen-bond donors (Lipinski definition) is 0. The van der Waals surface area contributed by atoms with Gasteiger partial charge in [-0.1, -0.05) is 19.9 Å². The third-order valence-corrected chi connectivity index (χ3v) is 3.17. The first kappa shape index (κ1) is 14.3. The number of carbonyl (C=O) groups is 1. The number of hydrogen-bond acceptors (Lipinski definition) is 3. The molecule has 0 aliphatic heterocycles. The van der Waals surface area contributed by atoms with Gasteiger partial charge >= 0.3 is 11.5 Å². The maximum absolute atomic E-state index is 12.2. The summed E-state index contributed by atoms with van der Waals surface area (Å²) in [5, 5.41) is -1.33. The molecule has 0 heterocycles. The molecule has 0 aliphatic rings. The van der Waals surface area contributed by atoms with Crippen molar-refractivity contribution >= 4 is 17.7 Å². The molecule has 0 bridgehead atoms. The summed E-state index contributed by atoms with van der Waals surface area (Å²) in [5.74, 6) is -0.901. The van der Waals surface area contributed by atoms with Crippen LogP contribution in [0.1, 0.15) is 13.8 Å². The largest absolute Gasteiger partial charge is 0.468 e. The first-order valence-electron chi connectivity index (χ1n) is 4.10. The van der Waals surface area contributed by atoms with E-state index in [0.29, 0.717) is 0 Å². The van der Waals surface area contributed by atoms with Crippen molar-refractivity contribution in [3.8, 4) is 0 Å². The van der Waals surface area contributed by atoms with Gasteiger partial charge in [-0.25, -0.2) is 0 Å². The van der Waals surface area contributed by atoms with Crippen LogP contribution in [0.5, 0.6) is 0 Å². The molecule has 0 aromatic rings. The van der Waals surface area contributed by atoms with Crippen LogP contribution < -0.4 is 0 Å². The number of esters is 1. The Morgan fingerprint density at radius 3 is 2.20 bits per heavy atom. The molecule has 0 aromatic heterocycles. The average molecular weight is 242 g/mol. The van der Waals surface area contributed by atoms with Crippen LogP contribution in [-0.4, -0.2) is 23.8 Å². The van der Waals surface area contributed by atoms with Crippen LogP contribution in [0.25, 0.3) is 0 Å². The molecule has 0 radical (unpaired) electrons. The molecule has 1 unspecified atom stereocenters. The third-order valence-electron chi connectivity index (χ3n) is 1.87. The molecule has 0 spiro atoms. The van der Waals surface area contributed by atoms with Gasteiger partial charge in [-0.15, -0.1) is 6.58 Å². The molecular formula is C9H13F3O2S. The van der Waals surface area contributed by atoms with Gasteiger partial charge in [0.2, 0.25) is 0 Å². The molecular weight excluding hydrogens is 229 g/mol. The molecule has 0 saturated carbocycles. The fourth-order valence-electron chi connectivity index (χ4n) is 0.851. The number of ether oxygens (including phenoxy) is 1. The van der Waals surface area contributed by atoms with Crippen molar-refractivity contribution in [1.29, 1.82) is 0 Å². The topological polar surface area (TPSA) is 26.3 Å². The predicted molar refractivity (Wildman–Crippen MR) is 53.4 cm³/mol. The lowest BCUT2D eigenvalue weighted by atomic mass is 9.89. The van der Waals surface area contributed by atoms with Gasteiger partial charge in [0.05, 0.1) is 7.11 Å². The van der Waals surface area contributed by atoms with Crippen LogP contribution in [0.3, 0.4) is 0 Å². The van der Waals surface area contributed by atoms with Crippen molar-refractivity contribution in [3.63, 3.8) is 0 Å².